The lowest BCUT2D eigenvalue weighted by Gasteiger charge is -2.16. The summed E-state index contributed by atoms with van der Waals surface area (Å²) < 4.78 is 1.14. The summed E-state index contributed by atoms with van der Waals surface area (Å²) in [6.07, 6.45) is 0.797. The first-order valence-corrected chi connectivity index (χ1v) is 8.06. The molecule has 0 saturated heterocycles. The molecule has 0 aliphatic carbocycles. The summed E-state index contributed by atoms with van der Waals surface area (Å²) in [5.74, 6) is 0.370. The molecule has 1 aromatic heterocycles. The zero-order valence-corrected chi connectivity index (χ0v) is 13.1. The van der Waals surface area contributed by atoms with Gasteiger partial charge in [-0.25, -0.2) is 0 Å². The van der Waals surface area contributed by atoms with Gasteiger partial charge in [0.1, 0.15) is 0 Å². The van der Waals surface area contributed by atoms with Crippen LogP contribution in [0, 0.1) is 0 Å². The Kier molecular flexibility index (Phi) is 6.04. The van der Waals surface area contributed by atoms with Gasteiger partial charge in [0, 0.05) is 34.4 Å². The van der Waals surface area contributed by atoms with Gasteiger partial charge in [-0.05, 0) is 39.9 Å². The second-order valence-corrected chi connectivity index (χ2v) is 6.39. The molecule has 0 amide bonds. The van der Waals surface area contributed by atoms with Crippen molar-refractivity contribution >= 4 is 27.3 Å². The van der Waals surface area contributed by atoms with Crippen molar-refractivity contribution in [2.45, 2.75) is 18.9 Å². The molecule has 0 spiro atoms. The van der Waals surface area contributed by atoms with Gasteiger partial charge in [-0.15, -0.1) is 11.3 Å². The van der Waals surface area contributed by atoms with Crippen molar-refractivity contribution in [3.8, 4) is 0 Å². The molecule has 0 radical (unpaired) electrons. The van der Waals surface area contributed by atoms with Crippen LogP contribution in [-0.4, -0.2) is 18.3 Å². The Morgan fingerprint density at radius 2 is 2.05 bits per heavy atom. The average molecular weight is 340 g/mol. The molecule has 102 valence electrons. The Bertz CT molecular complexity index is 486. The molecule has 1 aromatic carbocycles. The molecule has 2 N–H and O–H groups in total. The van der Waals surface area contributed by atoms with Gasteiger partial charge in [0.15, 0.2) is 0 Å². The van der Waals surface area contributed by atoms with E-state index in [1.165, 1.54) is 10.4 Å². The minimum Gasteiger partial charge on any atom is -0.396 e. The van der Waals surface area contributed by atoms with Crippen molar-refractivity contribution in [1.29, 1.82) is 0 Å². The number of aliphatic hydroxyl groups is 1. The molecule has 2 rings (SSSR count). The third-order valence-electron chi connectivity index (χ3n) is 3.06. The lowest BCUT2D eigenvalue weighted by atomic mass is 9.96. The molecule has 1 unspecified atom stereocenters. The predicted octanol–water partition coefficient (Wildman–Crippen LogP) is 3.77. The predicted molar refractivity (Wildman–Crippen MR) is 84.6 cm³/mol. The van der Waals surface area contributed by atoms with Crippen LogP contribution in [0.3, 0.4) is 0 Å². The van der Waals surface area contributed by atoms with E-state index in [2.05, 4.69) is 57.0 Å². The fourth-order valence-electron chi connectivity index (χ4n) is 2.08. The van der Waals surface area contributed by atoms with Gasteiger partial charge in [-0.2, -0.15) is 0 Å². The van der Waals surface area contributed by atoms with E-state index in [1.54, 1.807) is 11.3 Å². The normalized spacial score (nSPS) is 12.5. The largest absolute Gasteiger partial charge is 0.396 e. The van der Waals surface area contributed by atoms with Gasteiger partial charge in [-0.3, -0.25) is 0 Å². The van der Waals surface area contributed by atoms with Crippen LogP contribution in [0.15, 0.2) is 46.3 Å². The highest BCUT2D eigenvalue weighted by molar-refractivity contribution is 9.10. The minimum atomic E-state index is 0.228. The lowest BCUT2D eigenvalue weighted by Crippen LogP contribution is -2.21. The maximum absolute atomic E-state index is 9.19. The number of thiophene rings is 1. The topological polar surface area (TPSA) is 32.3 Å². The summed E-state index contributed by atoms with van der Waals surface area (Å²) >= 11 is 5.22. The lowest BCUT2D eigenvalue weighted by molar-refractivity contribution is 0.273. The van der Waals surface area contributed by atoms with Gasteiger partial charge < -0.3 is 10.4 Å². The fraction of sp³-hybridized carbons (Fsp3) is 0.333. The van der Waals surface area contributed by atoms with E-state index in [0.717, 1.165) is 24.0 Å². The number of benzene rings is 1. The number of hydrogen-bond donors (Lipinski definition) is 2. The van der Waals surface area contributed by atoms with Crippen LogP contribution < -0.4 is 5.32 Å². The molecule has 0 saturated carbocycles. The highest BCUT2D eigenvalue weighted by atomic mass is 79.9. The second kappa shape index (κ2) is 7.80. The fourth-order valence-corrected chi connectivity index (χ4v) is 3.50. The van der Waals surface area contributed by atoms with Gasteiger partial charge in [0.2, 0.25) is 0 Å². The standard InChI is InChI=1S/C15H18BrNOS/c16-14-8-15(19-11-14)10-17-9-13(6-7-18)12-4-2-1-3-5-12/h1-5,8,11,13,17-18H,6-7,9-10H2. The molecule has 1 heterocycles. The van der Waals surface area contributed by atoms with Crippen LogP contribution in [-0.2, 0) is 6.54 Å². The average Bonchev–Trinajstić information content (AvgIpc) is 2.84. The zero-order valence-electron chi connectivity index (χ0n) is 10.7. The summed E-state index contributed by atoms with van der Waals surface area (Å²) in [4.78, 5) is 1.32. The first kappa shape index (κ1) is 14.7. The van der Waals surface area contributed by atoms with Gasteiger partial charge in [0.25, 0.3) is 0 Å². The highest BCUT2D eigenvalue weighted by Crippen LogP contribution is 2.21. The van der Waals surface area contributed by atoms with Crippen molar-refractivity contribution in [2.24, 2.45) is 0 Å². The maximum atomic E-state index is 9.19. The minimum absolute atomic E-state index is 0.228. The zero-order chi connectivity index (χ0) is 13.5. The molecular weight excluding hydrogens is 322 g/mol. The summed E-state index contributed by atoms with van der Waals surface area (Å²) in [7, 11) is 0. The summed E-state index contributed by atoms with van der Waals surface area (Å²) in [6, 6.07) is 12.5. The van der Waals surface area contributed by atoms with Crippen molar-refractivity contribution < 1.29 is 5.11 Å². The van der Waals surface area contributed by atoms with Crippen LogP contribution in [0.2, 0.25) is 0 Å². The molecule has 19 heavy (non-hydrogen) atoms. The molecular formula is C15H18BrNOS. The van der Waals surface area contributed by atoms with Crippen LogP contribution in [0.4, 0.5) is 0 Å². The quantitative estimate of drug-likeness (QED) is 0.804. The molecule has 4 heteroatoms. The summed E-state index contributed by atoms with van der Waals surface area (Å²) in [5.41, 5.74) is 1.29. The van der Waals surface area contributed by atoms with Crippen molar-refractivity contribution in [3.05, 3.63) is 56.7 Å². The van der Waals surface area contributed by atoms with E-state index in [0.29, 0.717) is 5.92 Å². The number of hydrogen-bond acceptors (Lipinski definition) is 3. The maximum Gasteiger partial charge on any atom is 0.0437 e. The number of rotatable bonds is 7. The van der Waals surface area contributed by atoms with E-state index >= 15 is 0 Å². The van der Waals surface area contributed by atoms with Gasteiger partial charge >= 0.3 is 0 Å². The Balaban J connectivity index is 1.87. The van der Waals surface area contributed by atoms with Crippen LogP contribution in [0.25, 0.3) is 0 Å². The highest BCUT2D eigenvalue weighted by Gasteiger charge is 2.10. The van der Waals surface area contributed by atoms with E-state index < -0.39 is 0 Å². The number of nitrogens with one attached hydrogen (secondary N) is 1. The monoisotopic (exact) mass is 339 g/mol. The Morgan fingerprint density at radius 3 is 2.68 bits per heavy atom. The van der Waals surface area contributed by atoms with Crippen LogP contribution in [0.1, 0.15) is 22.8 Å². The summed E-state index contributed by atoms with van der Waals surface area (Å²) in [6.45, 7) is 2.00. The Morgan fingerprint density at radius 1 is 1.26 bits per heavy atom. The smallest absolute Gasteiger partial charge is 0.0437 e. The second-order valence-electron chi connectivity index (χ2n) is 4.48. The summed E-state index contributed by atoms with van der Waals surface area (Å²) in [5, 5.41) is 14.8. The number of aliphatic hydroxyl groups excluding tert-OH is 1. The molecule has 0 bridgehead atoms. The third kappa shape index (κ3) is 4.73. The van der Waals surface area contributed by atoms with E-state index in [4.69, 9.17) is 0 Å². The van der Waals surface area contributed by atoms with Crippen LogP contribution in [0.5, 0.6) is 0 Å². The molecule has 0 aliphatic heterocycles. The van der Waals surface area contributed by atoms with E-state index in [1.807, 2.05) is 6.07 Å². The SMILES string of the molecule is OCCC(CNCc1cc(Br)cs1)c1ccccc1. The van der Waals surface area contributed by atoms with Crippen molar-refractivity contribution in [1.82, 2.24) is 5.32 Å². The third-order valence-corrected chi connectivity index (χ3v) is 4.76. The molecule has 2 aromatic rings. The van der Waals surface area contributed by atoms with Crippen LogP contribution >= 0.6 is 27.3 Å². The van der Waals surface area contributed by atoms with Crippen molar-refractivity contribution in [3.63, 3.8) is 0 Å². The van der Waals surface area contributed by atoms with E-state index in [9.17, 15) is 5.11 Å². The first-order chi connectivity index (χ1) is 9.29. The Labute approximate surface area is 126 Å². The molecule has 0 fully saturated rings. The van der Waals surface area contributed by atoms with E-state index in [-0.39, 0.29) is 6.61 Å². The molecule has 1 atom stereocenters. The molecule has 2 nitrogen and oxygen atoms in total. The first-order valence-electron chi connectivity index (χ1n) is 6.39. The van der Waals surface area contributed by atoms with Crippen molar-refractivity contribution in [2.75, 3.05) is 13.2 Å². The molecule has 0 aliphatic rings. The van der Waals surface area contributed by atoms with Gasteiger partial charge in [0.05, 0.1) is 0 Å². The number of halogens is 1. The Hall–Kier alpha value is -0.680. The van der Waals surface area contributed by atoms with Gasteiger partial charge in [-0.1, -0.05) is 30.3 Å².